The SMILES string of the molecule is CCCC[C@H](NC1CCC(Cc2ccccc2)C1)C(=O)O. The van der Waals surface area contributed by atoms with Crippen LogP contribution in [0.25, 0.3) is 0 Å². The van der Waals surface area contributed by atoms with Crippen LogP contribution >= 0.6 is 0 Å². The fraction of sp³-hybridized carbons (Fsp3) is 0.611. The summed E-state index contributed by atoms with van der Waals surface area (Å²) < 4.78 is 0. The number of benzene rings is 1. The molecule has 0 heterocycles. The van der Waals surface area contributed by atoms with Crippen LogP contribution in [-0.2, 0) is 11.2 Å². The molecule has 3 nitrogen and oxygen atoms in total. The summed E-state index contributed by atoms with van der Waals surface area (Å²) in [6.45, 7) is 2.10. The van der Waals surface area contributed by atoms with Gasteiger partial charge in [-0.1, -0.05) is 50.1 Å². The molecule has 0 spiro atoms. The maximum Gasteiger partial charge on any atom is 0.320 e. The summed E-state index contributed by atoms with van der Waals surface area (Å²) in [5.74, 6) is -0.0134. The smallest absolute Gasteiger partial charge is 0.320 e. The molecule has 1 aromatic rings. The zero-order valence-corrected chi connectivity index (χ0v) is 12.9. The monoisotopic (exact) mass is 289 g/mol. The molecule has 1 fully saturated rings. The Labute approximate surface area is 127 Å². The first-order valence-electron chi connectivity index (χ1n) is 8.21. The van der Waals surface area contributed by atoms with Crippen LogP contribution in [0.1, 0.15) is 51.0 Å². The topological polar surface area (TPSA) is 49.3 Å². The first-order chi connectivity index (χ1) is 10.2. The number of carboxylic acid groups (broad SMARTS) is 1. The molecule has 2 unspecified atom stereocenters. The summed E-state index contributed by atoms with van der Waals surface area (Å²) in [7, 11) is 0. The molecule has 116 valence electrons. The van der Waals surface area contributed by atoms with Crippen molar-refractivity contribution >= 4 is 5.97 Å². The average molecular weight is 289 g/mol. The highest BCUT2D eigenvalue weighted by Crippen LogP contribution is 2.29. The van der Waals surface area contributed by atoms with Crippen LogP contribution in [0, 0.1) is 5.92 Å². The molecule has 0 amide bonds. The molecule has 2 rings (SSSR count). The Morgan fingerprint density at radius 3 is 2.76 bits per heavy atom. The van der Waals surface area contributed by atoms with Crippen LogP contribution in [0.5, 0.6) is 0 Å². The van der Waals surface area contributed by atoms with Gasteiger partial charge in [0.15, 0.2) is 0 Å². The van der Waals surface area contributed by atoms with Crippen molar-refractivity contribution in [2.75, 3.05) is 0 Å². The van der Waals surface area contributed by atoms with Gasteiger partial charge in [0, 0.05) is 6.04 Å². The molecule has 1 aliphatic rings. The highest BCUT2D eigenvalue weighted by Gasteiger charge is 2.28. The fourth-order valence-corrected chi connectivity index (χ4v) is 3.33. The number of unbranched alkanes of at least 4 members (excludes halogenated alkanes) is 1. The second-order valence-electron chi connectivity index (χ2n) is 6.27. The normalized spacial score (nSPS) is 23.1. The van der Waals surface area contributed by atoms with Gasteiger partial charge in [0.1, 0.15) is 6.04 Å². The molecule has 0 radical (unpaired) electrons. The number of rotatable bonds is 8. The number of hydrogen-bond donors (Lipinski definition) is 2. The molecule has 2 N–H and O–H groups in total. The summed E-state index contributed by atoms with van der Waals surface area (Å²) in [5, 5.41) is 12.7. The molecule has 3 atom stereocenters. The molecule has 1 aromatic carbocycles. The van der Waals surface area contributed by atoms with E-state index < -0.39 is 5.97 Å². The standard InChI is InChI=1S/C18H27NO2/c1-2-3-9-17(18(20)21)19-16-11-10-15(13-16)12-14-7-5-4-6-8-14/h4-8,15-17,19H,2-3,9-13H2,1H3,(H,20,21)/t15?,16?,17-/m0/s1. The van der Waals surface area contributed by atoms with Crippen molar-refractivity contribution in [1.82, 2.24) is 5.32 Å². The van der Waals surface area contributed by atoms with Crippen molar-refractivity contribution in [2.45, 2.75) is 64.0 Å². The molecule has 0 saturated heterocycles. The van der Waals surface area contributed by atoms with Crippen LogP contribution in [-0.4, -0.2) is 23.2 Å². The van der Waals surface area contributed by atoms with Gasteiger partial charge in [0.05, 0.1) is 0 Å². The van der Waals surface area contributed by atoms with Gasteiger partial charge >= 0.3 is 5.97 Å². The van der Waals surface area contributed by atoms with Crippen molar-refractivity contribution < 1.29 is 9.90 Å². The summed E-state index contributed by atoms with van der Waals surface area (Å²) in [6, 6.07) is 10.6. The Morgan fingerprint density at radius 2 is 2.10 bits per heavy atom. The Balaban J connectivity index is 1.80. The lowest BCUT2D eigenvalue weighted by molar-refractivity contribution is -0.139. The van der Waals surface area contributed by atoms with E-state index in [1.165, 1.54) is 12.0 Å². The molecule has 21 heavy (non-hydrogen) atoms. The van der Waals surface area contributed by atoms with Gasteiger partial charge in [-0.25, -0.2) is 0 Å². The quantitative estimate of drug-likeness (QED) is 0.768. The van der Waals surface area contributed by atoms with Gasteiger partial charge in [0.25, 0.3) is 0 Å². The van der Waals surface area contributed by atoms with Crippen LogP contribution in [0.15, 0.2) is 30.3 Å². The largest absolute Gasteiger partial charge is 0.480 e. The molecule has 0 bridgehead atoms. The maximum absolute atomic E-state index is 11.3. The third kappa shape index (κ3) is 5.16. The minimum absolute atomic E-state index is 0.370. The lowest BCUT2D eigenvalue weighted by atomic mass is 9.98. The lowest BCUT2D eigenvalue weighted by Gasteiger charge is -2.19. The Hall–Kier alpha value is -1.35. The van der Waals surface area contributed by atoms with Gasteiger partial charge in [-0.3, -0.25) is 4.79 Å². The van der Waals surface area contributed by atoms with Crippen LogP contribution in [0.4, 0.5) is 0 Å². The van der Waals surface area contributed by atoms with Gasteiger partial charge in [-0.15, -0.1) is 0 Å². The van der Waals surface area contributed by atoms with Crippen molar-refractivity contribution in [2.24, 2.45) is 5.92 Å². The van der Waals surface area contributed by atoms with E-state index in [1.807, 2.05) is 6.07 Å². The van der Waals surface area contributed by atoms with E-state index in [1.54, 1.807) is 0 Å². The zero-order valence-electron chi connectivity index (χ0n) is 12.9. The predicted octanol–water partition coefficient (Wildman–Crippen LogP) is 3.63. The summed E-state index contributed by atoms with van der Waals surface area (Å²) in [4.78, 5) is 11.3. The van der Waals surface area contributed by atoms with E-state index in [9.17, 15) is 9.90 Å². The number of carbonyl (C=O) groups is 1. The summed E-state index contributed by atoms with van der Waals surface area (Å²) >= 11 is 0. The first-order valence-corrected chi connectivity index (χ1v) is 8.21. The number of nitrogens with one attached hydrogen (secondary N) is 1. The van der Waals surface area contributed by atoms with Crippen LogP contribution in [0.3, 0.4) is 0 Å². The molecule has 0 aromatic heterocycles. The Morgan fingerprint density at radius 1 is 1.33 bits per heavy atom. The van der Waals surface area contributed by atoms with E-state index in [0.29, 0.717) is 12.0 Å². The lowest BCUT2D eigenvalue weighted by Crippen LogP contribution is -2.42. The maximum atomic E-state index is 11.3. The summed E-state index contributed by atoms with van der Waals surface area (Å²) in [6.07, 6.45) is 7.29. The highest BCUT2D eigenvalue weighted by atomic mass is 16.4. The Bertz CT molecular complexity index is 432. The van der Waals surface area contributed by atoms with Crippen molar-refractivity contribution in [3.63, 3.8) is 0 Å². The molecular formula is C18H27NO2. The van der Waals surface area contributed by atoms with E-state index in [-0.39, 0.29) is 6.04 Å². The number of carboxylic acids is 1. The van der Waals surface area contributed by atoms with E-state index >= 15 is 0 Å². The Kier molecular flexibility index (Phi) is 6.24. The van der Waals surface area contributed by atoms with Gasteiger partial charge < -0.3 is 10.4 Å². The second-order valence-corrected chi connectivity index (χ2v) is 6.27. The van der Waals surface area contributed by atoms with Crippen molar-refractivity contribution in [3.05, 3.63) is 35.9 Å². The van der Waals surface area contributed by atoms with Crippen LogP contribution in [0.2, 0.25) is 0 Å². The highest BCUT2D eigenvalue weighted by molar-refractivity contribution is 5.73. The summed E-state index contributed by atoms with van der Waals surface area (Å²) in [5.41, 5.74) is 1.39. The number of aliphatic carboxylic acids is 1. The van der Waals surface area contributed by atoms with Crippen molar-refractivity contribution in [1.29, 1.82) is 0 Å². The molecule has 3 heteroatoms. The van der Waals surface area contributed by atoms with E-state index in [0.717, 1.165) is 38.5 Å². The van der Waals surface area contributed by atoms with Gasteiger partial charge in [-0.05, 0) is 43.6 Å². The first kappa shape index (κ1) is 16.0. The van der Waals surface area contributed by atoms with Gasteiger partial charge in [-0.2, -0.15) is 0 Å². The van der Waals surface area contributed by atoms with E-state index in [4.69, 9.17) is 0 Å². The molecule has 1 saturated carbocycles. The predicted molar refractivity (Wildman–Crippen MR) is 85.4 cm³/mol. The van der Waals surface area contributed by atoms with Crippen molar-refractivity contribution in [3.8, 4) is 0 Å². The minimum Gasteiger partial charge on any atom is -0.480 e. The number of hydrogen-bond acceptors (Lipinski definition) is 2. The fourth-order valence-electron chi connectivity index (χ4n) is 3.33. The minimum atomic E-state index is -0.699. The van der Waals surface area contributed by atoms with Gasteiger partial charge in [0.2, 0.25) is 0 Å². The second kappa shape index (κ2) is 8.18. The molecular weight excluding hydrogens is 262 g/mol. The third-order valence-corrected chi connectivity index (χ3v) is 4.49. The average Bonchev–Trinajstić information content (AvgIpc) is 2.91. The molecule has 0 aliphatic heterocycles. The van der Waals surface area contributed by atoms with Crippen LogP contribution < -0.4 is 5.32 Å². The third-order valence-electron chi connectivity index (χ3n) is 4.49. The van der Waals surface area contributed by atoms with E-state index in [2.05, 4.69) is 36.5 Å². The zero-order chi connectivity index (χ0) is 15.1. The molecule has 1 aliphatic carbocycles.